The SMILES string of the molecule is Nc1ncnc2c1ncn2[C@@H]1O[C@@H]2COP(=O)(S)O[C@H]3[C@H](n4cnc5c(N)ncnc54)OC4(C[C@H]4OP(O)(=S)O[C@H]2[C@H]1Cl)[C@H]3O. The third kappa shape index (κ3) is 4.88. The van der Waals surface area contributed by atoms with Gasteiger partial charge in [0.15, 0.2) is 35.4 Å². The fraction of sp³-hybridized carbons (Fsp3) is 0.524. The normalized spacial score (nSPS) is 41.7. The average Bonchev–Trinajstić information content (AvgIpc) is 3.36. The molecule has 0 radical (unpaired) electrons. The van der Waals surface area contributed by atoms with E-state index < -0.39 is 74.1 Å². The van der Waals surface area contributed by atoms with Gasteiger partial charge >= 0.3 is 13.5 Å². The van der Waals surface area contributed by atoms with E-state index in [1.165, 1.54) is 34.4 Å². The molecule has 7 heterocycles. The lowest BCUT2D eigenvalue weighted by Gasteiger charge is -2.27. The number of ether oxygens (including phenoxy) is 2. The van der Waals surface area contributed by atoms with Crippen LogP contribution in [0.4, 0.5) is 11.6 Å². The molecule has 2 bridgehead atoms. The number of aliphatic hydroxyl groups is 1. The second-order valence-corrected chi connectivity index (χ2v) is 16.9. The number of nitrogen functional groups attached to an aromatic ring is 2. The van der Waals surface area contributed by atoms with Gasteiger partial charge in [0.1, 0.15) is 65.2 Å². The van der Waals surface area contributed by atoms with Gasteiger partial charge in [-0.2, -0.15) is 0 Å². The van der Waals surface area contributed by atoms with Gasteiger partial charge in [0, 0.05) is 6.42 Å². The van der Waals surface area contributed by atoms with Gasteiger partial charge in [0.2, 0.25) is 0 Å². The molecule has 3 unspecified atom stereocenters. The third-order valence-corrected chi connectivity index (χ3v) is 11.7. The molecular formula is C21H23ClN10O9P2S2. The second kappa shape index (κ2) is 10.4. The van der Waals surface area contributed by atoms with Gasteiger partial charge in [-0.1, -0.05) is 12.2 Å². The molecule has 8 rings (SSSR count). The number of nitrogens with two attached hydrogens (primary N) is 2. The molecule has 4 aromatic heterocycles. The number of imidazole rings is 2. The number of fused-ring (bicyclic) bond motifs is 4. The van der Waals surface area contributed by atoms with Gasteiger partial charge in [-0.05, 0) is 11.8 Å². The van der Waals surface area contributed by atoms with Crippen LogP contribution in [-0.4, -0.2) is 97.1 Å². The zero-order valence-electron chi connectivity index (χ0n) is 22.5. The summed E-state index contributed by atoms with van der Waals surface area (Å²) in [4.78, 5) is 36.0. The van der Waals surface area contributed by atoms with Crippen LogP contribution in [0, 0.1) is 0 Å². The molecule has 1 spiro atoms. The first-order chi connectivity index (χ1) is 21.4. The zero-order valence-corrected chi connectivity index (χ0v) is 26.7. The van der Waals surface area contributed by atoms with Crippen molar-refractivity contribution in [3.05, 3.63) is 25.3 Å². The van der Waals surface area contributed by atoms with E-state index in [9.17, 15) is 14.6 Å². The molecule has 4 aromatic rings. The molecule has 6 N–H and O–H groups in total. The van der Waals surface area contributed by atoms with Crippen molar-refractivity contribution in [1.82, 2.24) is 39.0 Å². The topological polar surface area (TPSA) is 252 Å². The second-order valence-electron chi connectivity index (χ2n) is 10.8. The predicted octanol–water partition coefficient (Wildman–Crippen LogP) is 0.808. The van der Waals surface area contributed by atoms with Crippen LogP contribution in [0.5, 0.6) is 0 Å². The van der Waals surface area contributed by atoms with E-state index in [1.807, 2.05) is 0 Å². The molecule has 1 saturated carbocycles. The Kier molecular flexibility index (Phi) is 7.02. The highest BCUT2D eigenvalue weighted by atomic mass is 35.5. The molecular weight excluding hydrogens is 698 g/mol. The summed E-state index contributed by atoms with van der Waals surface area (Å²) in [5.41, 5.74) is 11.6. The standard InChI is InChI=1S/C21H23ClN10O9P2S2/c22-9-12-7(37-19(9)31-5-29-10-15(23)25-3-27-17(10)31)2-36-42(34,44)41-13-14(33)21(1-8(21)39-43(35,45)40-12)38-20(13)32-6-30-11-16(24)26-4-28-18(11)32/h3-9,12-14,19-20,33H,1-2H2,(H,34,44)(H,35,45)(H2,23,25,27)(H2,24,26,28)/t7-,8-,9-,12-,13-,14+,19-,20-,21?,42?,43?/m1/s1. The number of anilines is 2. The first-order valence-electron chi connectivity index (χ1n) is 13.2. The first-order valence-corrected chi connectivity index (χ1v) is 19.0. The van der Waals surface area contributed by atoms with Crippen molar-refractivity contribution in [1.29, 1.82) is 0 Å². The number of rotatable bonds is 2. The lowest BCUT2D eigenvalue weighted by molar-refractivity contribution is -0.0660. The largest absolute Gasteiger partial charge is 0.387 e. The minimum absolute atomic E-state index is 0.0774. The molecule has 0 aromatic carbocycles. The van der Waals surface area contributed by atoms with E-state index >= 15 is 0 Å². The predicted molar refractivity (Wildman–Crippen MR) is 160 cm³/mol. The Morgan fingerprint density at radius 2 is 1.60 bits per heavy atom. The van der Waals surface area contributed by atoms with E-state index in [1.54, 1.807) is 0 Å². The number of hydrogen-bond donors (Lipinski definition) is 5. The van der Waals surface area contributed by atoms with Crippen molar-refractivity contribution in [2.75, 3.05) is 18.1 Å². The molecule has 4 fully saturated rings. The Hall–Kier alpha value is -2.10. The fourth-order valence-corrected chi connectivity index (χ4v) is 9.62. The van der Waals surface area contributed by atoms with Gasteiger partial charge in [0.05, 0.1) is 19.3 Å². The molecule has 1 aliphatic carbocycles. The summed E-state index contributed by atoms with van der Waals surface area (Å²) in [6, 6.07) is 0. The maximum atomic E-state index is 13.7. The Bertz CT molecular complexity index is 1940. The number of aliphatic hydroxyl groups excluding tert-OH is 1. The monoisotopic (exact) mass is 720 g/mol. The van der Waals surface area contributed by atoms with Crippen LogP contribution < -0.4 is 11.5 Å². The van der Waals surface area contributed by atoms with Crippen molar-refractivity contribution >= 4 is 83.1 Å². The lowest BCUT2D eigenvalue weighted by atomic mass is 10.1. The summed E-state index contributed by atoms with van der Waals surface area (Å²) in [5.74, 6) is 0.259. The van der Waals surface area contributed by atoms with Crippen LogP contribution in [-0.2, 0) is 43.9 Å². The van der Waals surface area contributed by atoms with Gasteiger partial charge in [0.25, 0.3) is 0 Å². The van der Waals surface area contributed by atoms with Gasteiger partial charge < -0.3 is 40.0 Å². The van der Waals surface area contributed by atoms with Crippen LogP contribution in [0.1, 0.15) is 18.9 Å². The first kappa shape index (κ1) is 30.2. The molecule has 19 nitrogen and oxygen atoms in total. The van der Waals surface area contributed by atoms with Crippen LogP contribution >= 0.6 is 37.4 Å². The van der Waals surface area contributed by atoms with Gasteiger partial charge in [-0.15, -0.1) is 11.6 Å². The summed E-state index contributed by atoms with van der Waals surface area (Å²) in [6.07, 6.45) is -2.75. The molecule has 0 amide bonds. The Labute approximate surface area is 267 Å². The highest BCUT2D eigenvalue weighted by molar-refractivity contribution is 8.44. The van der Waals surface area contributed by atoms with Gasteiger partial charge in [-0.25, -0.2) is 34.5 Å². The summed E-state index contributed by atoms with van der Waals surface area (Å²) in [6.45, 7) is -8.82. The summed E-state index contributed by atoms with van der Waals surface area (Å²) >= 11 is 16.4. The molecule has 3 saturated heterocycles. The quantitative estimate of drug-likeness (QED) is 0.109. The van der Waals surface area contributed by atoms with Crippen molar-refractivity contribution in [2.45, 2.75) is 60.4 Å². The zero-order chi connectivity index (χ0) is 31.5. The smallest absolute Gasteiger partial charge is 0.386 e. The number of hydrogen-bond acceptors (Lipinski definition) is 17. The number of halogens is 1. The van der Waals surface area contributed by atoms with Crippen molar-refractivity contribution < 1.29 is 42.1 Å². The van der Waals surface area contributed by atoms with Crippen LogP contribution in [0.15, 0.2) is 25.3 Å². The molecule has 24 heteroatoms. The van der Waals surface area contributed by atoms with Crippen molar-refractivity contribution in [3.8, 4) is 0 Å². The molecule has 4 aliphatic rings. The highest BCUT2D eigenvalue weighted by Crippen LogP contribution is 2.65. The molecule has 240 valence electrons. The van der Waals surface area contributed by atoms with E-state index in [2.05, 4.69) is 42.2 Å². The number of aromatic nitrogens is 8. The Balaban J connectivity index is 1.14. The highest BCUT2D eigenvalue weighted by Gasteiger charge is 2.72. The minimum Gasteiger partial charge on any atom is -0.387 e. The number of nitrogens with zero attached hydrogens (tertiary/aromatic N) is 8. The maximum absolute atomic E-state index is 13.7. The summed E-state index contributed by atoms with van der Waals surface area (Å²) in [5, 5.41) is 10.4. The third-order valence-electron chi connectivity index (χ3n) is 8.08. The van der Waals surface area contributed by atoms with E-state index in [4.69, 9.17) is 62.4 Å². The summed E-state index contributed by atoms with van der Waals surface area (Å²) < 4.78 is 52.4. The summed E-state index contributed by atoms with van der Waals surface area (Å²) in [7, 11) is 0. The molecule has 11 atom stereocenters. The van der Waals surface area contributed by atoms with E-state index in [0.29, 0.717) is 11.2 Å². The molecule has 3 aliphatic heterocycles. The fourth-order valence-electron chi connectivity index (χ4n) is 5.89. The van der Waals surface area contributed by atoms with Crippen molar-refractivity contribution in [3.63, 3.8) is 0 Å². The number of alkyl halides is 1. The van der Waals surface area contributed by atoms with Gasteiger partial charge in [-0.3, -0.25) is 18.2 Å². The van der Waals surface area contributed by atoms with Crippen LogP contribution in [0.25, 0.3) is 22.3 Å². The lowest BCUT2D eigenvalue weighted by Crippen LogP contribution is -2.36. The average molecular weight is 721 g/mol. The maximum Gasteiger partial charge on any atom is 0.386 e. The van der Waals surface area contributed by atoms with E-state index in [0.717, 1.165) is 0 Å². The van der Waals surface area contributed by atoms with Crippen LogP contribution in [0.2, 0.25) is 0 Å². The van der Waals surface area contributed by atoms with Crippen molar-refractivity contribution in [2.24, 2.45) is 0 Å². The number of thiol groups is 1. The molecule has 45 heavy (non-hydrogen) atoms. The van der Waals surface area contributed by atoms with Crippen LogP contribution in [0.3, 0.4) is 0 Å². The Morgan fingerprint density at radius 3 is 2.24 bits per heavy atom. The van der Waals surface area contributed by atoms with E-state index in [-0.39, 0.29) is 29.2 Å². The minimum atomic E-state index is -4.27. The Morgan fingerprint density at radius 1 is 0.978 bits per heavy atom.